The fourth-order valence-electron chi connectivity index (χ4n) is 0.569. The molecule has 0 saturated carbocycles. The van der Waals surface area contributed by atoms with Crippen molar-refractivity contribution >= 4 is 12.2 Å². The fourth-order valence-corrected chi connectivity index (χ4v) is 0.569. The molecule has 1 atom stereocenters. The molecule has 4 N–H and O–H groups in total. The van der Waals surface area contributed by atoms with Crippen molar-refractivity contribution < 1.29 is 9.59 Å². The van der Waals surface area contributed by atoms with Crippen molar-refractivity contribution in [1.29, 1.82) is 0 Å². The molecular formula is C6H12N2O2. The Labute approximate surface area is 59.6 Å². The van der Waals surface area contributed by atoms with E-state index >= 15 is 0 Å². The lowest BCUT2D eigenvalue weighted by Crippen LogP contribution is -2.23. The smallest absolute Gasteiger partial charge is 0.217 e. The predicted molar refractivity (Wildman–Crippen MR) is 37.1 cm³/mol. The number of nitrogens with two attached hydrogens (primary N) is 2. The summed E-state index contributed by atoms with van der Waals surface area (Å²) in [5, 5.41) is 0. The van der Waals surface area contributed by atoms with Gasteiger partial charge in [-0.2, -0.15) is 0 Å². The molecule has 10 heavy (non-hydrogen) atoms. The summed E-state index contributed by atoms with van der Waals surface area (Å²) in [5.41, 5.74) is 10.2. The normalized spacial score (nSPS) is 12.5. The van der Waals surface area contributed by atoms with E-state index in [1.165, 1.54) is 0 Å². The van der Waals surface area contributed by atoms with Crippen LogP contribution in [0.4, 0.5) is 0 Å². The summed E-state index contributed by atoms with van der Waals surface area (Å²) < 4.78 is 0. The van der Waals surface area contributed by atoms with E-state index in [2.05, 4.69) is 0 Å². The molecule has 0 saturated heterocycles. The van der Waals surface area contributed by atoms with E-state index in [4.69, 9.17) is 11.5 Å². The summed E-state index contributed by atoms with van der Waals surface area (Å²) in [4.78, 5) is 20.1. The molecule has 0 aromatic carbocycles. The number of carbonyl (C=O) groups is 2. The third-order valence-electron chi connectivity index (χ3n) is 1.16. The van der Waals surface area contributed by atoms with Crippen molar-refractivity contribution in [3.63, 3.8) is 0 Å². The lowest BCUT2D eigenvalue weighted by Gasteiger charge is -2.03. The second kappa shape index (κ2) is 4.93. The Morgan fingerprint density at radius 3 is 2.60 bits per heavy atom. The molecule has 4 nitrogen and oxygen atoms in total. The Bertz CT molecular complexity index is 125. The van der Waals surface area contributed by atoms with E-state index in [1.807, 2.05) is 0 Å². The maximum atomic E-state index is 10.2. The number of hydrogen-bond donors (Lipinski definition) is 2. The SMILES string of the molecule is NC(=O)CC[C@@H](N)CC=O. The lowest BCUT2D eigenvalue weighted by molar-refractivity contribution is -0.118. The summed E-state index contributed by atoms with van der Waals surface area (Å²) in [5.74, 6) is -0.374. The van der Waals surface area contributed by atoms with Crippen LogP contribution in [0.1, 0.15) is 19.3 Å². The zero-order chi connectivity index (χ0) is 7.98. The minimum atomic E-state index is -0.374. The first kappa shape index (κ1) is 9.10. The average Bonchev–Trinajstić information content (AvgIpc) is 1.85. The van der Waals surface area contributed by atoms with E-state index in [-0.39, 0.29) is 18.4 Å². The molecule has 0 aliphatic heterocycles. The Kier molecular flexibility index (Phi) is 4.49. The van der Waals surface area contributed by atoms with Gasteiger partial charge in [0.25, 0.3) is 0 Å². The van der Waals surface area contributed by atoms with Gasteiger partial charge in [-0.05, 0) is 6.42 Å². The molecule has 0 fully saturated rings. The van der Waals surface area contributed by atoms with Crippen LogP contribution in [0, 0.1) is 0 Å². The van der Waals surface area contributed by atoms with Gasteiger partial charge in [-0.1, -0.05) is 0 Å². The van der Waals surface area contributed by atoms with Gasteiger partial charge in [0.05, 0.1) is 0 Å². The Morgan fingerprint density at radius 2 is 2.20 bits per heavy atom. The summed E-state index contributed by atoms with van der Waals surface area (Å²) >= 11 is 0. The van der Waals surface area contributed by atoms with E-state index in [0.717, 1.165) is 6.29 Å². The first-order valence-corrected chi connectivity index (χ1v) is 3.14. The summed E-state index contributed by atoms with van der Waals surface area (Å²) in [7, 11) is 0. The molecule has 0 aliphatic carbocycles. The van der Waals surface area contributed by atoms with Gasteiger partial charge in [0.15, 0.2) is 0 Å². The van der Waals surface area contributed by atoms with Crippen LogP contribution in [0.3, 0.4) is 0 Å². The van der Waals surface area contributed by atoms with Crippen molar-refractivity contribution in [2.45, 2.75) is 25.3 Å². The van der Waals surface area contributed by atoms with Crippen molar-refractivity contribution in [3.8, 4) is 0 Å². The van der Waals surface area contributed by atoms with E-state index in [9.17, 15) is 9.59 Å². The van der Waals surface area contributed by atoms with Gasteiger partial charge >= 0.3 is 0 Å². The molecule has 0 bridgehead atoms. The molecule has 4 heteroatoms. The molecular weight excluding hydrogens is 132 g/mol. The van der Waals surface area contributed by atoms with Crippen LogP contribution in [0.5, 0.6) is 0 Å². The quantitative estimate of drug-likeness (QED) is 0.494. The molecule has 58 valence electrons. The Morgan fingerprint density at radius 1 is 1.60 bits per heavy atom. The van der Waals surface area contributed by atoms with Crippen molar-refractivity contribution in [2.75, 3.05) is 0 Å². The van der Waals surface area contributed by atoms with Crippen LogP contribution in [-0.4, -0.2) is 18.2 Å². The summed E-state index contributed by atoms with van der Waals surface area (Å²) in [6.07, 6.45) is 1.79. The van der Waals surface area contributed by atoms with Crippen LogP contribution >= 0.6 is 0 Å². The van der Waals surface area contributed by atoms with E-state index in [0.29, 0.717) is 12.8 Å². The van der Waals surface area contributed by atoms with Gasteiger partial charge < -0.3 is 16.3 Å². The number of aldehydes is 1. The molecule has 0 unspecified atom stereocenters. The predicted octanol–water partition coefficient (Wildman–Crippen LogP) is -0.832. The molecule has 0 aromatic rings. The highest BCUT2D eigenvalue weighted by atomic mass is 16.1. The highest BCUT2D eigenvalue weighted by Gasteiger charge is 2.02. The van der Waals surface area contributed by atoms with Gasteiger partial charge in [0, 0.05) is 18.9 Å². The first-order chi connectivity index (χ1) is 4.66. The average molecular weight is 144 g/mol. The van der Waals surface area contributed by atoms with E-state index < -0.39 is 0 Å². The Balaban J connectivity index is 3.29. The standard InChI is InChI=1S/C6H12N2O2/c7-5(3-4-9)1-2-6(8)10/h4-5H,1-3,7H2,(H2,8,10)/t5-/m1/s1. The summed E-state index contributed by atoms with van der Waals surface area (Å²) in [6, 6.07) is -0.218. The van der Waals surface area contributed by atoms with Crippen LogP contribution in [-0.2, 0) is 9.59 Å². The molecule has 0 rings (SSSR count). The zero-order valence-electron chi connectivity index (χ0n) is 5.75. The van der Waals surface area contributed by atoms with Gasteiger partial charge in [0.2, 0.25) is 5.91 Å². The largest absolute Gasteiger partial charge is 0.370 e. The molecule has 0 radical (unpaired) electrons. The van der Waals surface area contributed by atoms with Gasteiger partial charge in [-0.15, -0.1) is 0 Å². The van der Waals surface area contributed by atoms with Crippen LogP contribution in [0.25, 0.3) is 0 Å². The van der Waals surface area contributed by atoms with Crippen LogP contribution < -0.4 is 11.5 Å². The zero-order valence-corrected chi connectivity index (χ0v) is 5.75. The van der Waals surface area contributed by atoms with Crippen molar-refractivity contribution in [3.05, 3.63) is 0 Å². The number of hydrogen-bond acceptors (Lipinski definition) is 3. The maximum Gasteiger partial charge on any atom is 0.217 e. The van der Waals surface area contributed by atoms with Crippen molar-refractivity contribution in [1.82, 2.24) is 0 Å². The molecule has 0 aliphatic rings. The molecule has 1 amide bonds. The van der Waals surface area contributed by atoms with Gasteiger partial charge in [-0.25, -0.2) is 0 Å². The monoisotopic (exact) mass is 144 g/mol. The molecule has 0 spiro atoms. The minimum Gasteiger partial charge on any atom is -0.370 e. The topological polar surface area (TPSA) is 86.2 Å². The number of rotatable bonds is 5. The van der Waals surface area contributed by atoms with Gasteiger partial charge in [0.1, 0.15) is 6.29 Å². The van der Waals surface area contributed by atoms with Gasteiger partial charge in [-0.3, -0.25) is 4.79 Å². The van der Waals surface area contributed by atoms with Crippen LogP contribution in [0.2, 0.25) is 0 Å². The first-order valence-electron chi connectivity index (χ1n) is 3.14. The van der Waals surface area contributed by atoms with E-state index in [1.54, 1.807) is 0 Å². The fraction of sp³-hybridized carbons (Fsp3) is 0.667. The number of primary amides is 1. The second-order valence-electron chi connectivity index (χ2n) is 2.17. The van der Waals surface area contributed by atoms with Crippen molar-refractivity contribution in [2.24, 2.45) is 11.5 Å². The minimum absolute atomic E-state index is 0.218. The summed E-state index contributed by atoms with van der Waals surface area (Å²) in [6.45, 7) is 0. The Hall–Kier alpha value is -0.900. The number of amides is 1. The molecule has 0 heterocycles. The highest BCUT2D eigenvalue weighted by molar-refractivity contribution is 5.73. The molecule has 0 aromatic heterocycles. The third-order valence-corrected chi connectivity index (χ3v) is 1.16. The lowest BCUT2D eigenvalue weighted by atomic mass is 10.1. The highest BCUT2D eigenvalue weighted by Crippen LogP contribution is 1.95. The number of carbonyl (C=O) groups excluding carboxylic acids is 2. The maximum absolute atomic E-state index is 10.2. The third kappa shape index (κ3) is 5.24. The second-order valence-corrected chi connectivity index (χ2v) is 2.17. The van der Waals surface area contributed by atoms with Crippen LogP contribution in [0.15, 0.2) is 0 Å².